The van der Waals surface area contributed by atoms with Crippen molar-refractivity contribution in [1.82, 2.24) is 35.9 Å². The minimum atomic E-state index is -0.184. The van der Waals surface area contributed by atoms with E-state index < -0.39 is 0 Å². The van der Waals surface area contributed by atoms with Crippen LogP contribution in [0.4, 0.5) is 4.79 Å². The number of nitrogens with one attached hydrogen (secondary N) is 4. The van der Waals surface area contributed by atoms with E-state index in [4.69, 9.17) is 0 Å². The molecule has 0 spiro atoms. The summed E-state index contributed by atoms with van der Waals surface area (Å²) < 4.78 is 2.04. The van der Waals surface area contributed by atoms with Crippen molar-refractivity contribution in [2.45, 2.75) is 64.7 Å². The van der Waals surface area contributed by atoms with Gasteiger partial charge in [0.2, 0.25) is 0 Å². The van der Waals surface area contributed by atoms with Crippen molar-refractivity contribution in [3.8, 4) is 0 Å². The number of aryl methyl sites for hydroxylation is 2. The van der Waals surface area contributed by atoms with E-state index in [0.29, 0.717) is 13.1 Å². The molecule has 0 aromatic carbocycles. The van der Waals surface area contributed by atoms with Gasteiger partial charge < -0.3 is 16.0 Å². The molecule has 8 nitrogen and oxygen atoms in total. The van der Waals surface area contributed by atoms with E-state index in [1.165, 1.54) is 36.2 Å². The molecule has 3 heterocycles. The van der Waals surface area contributed by atoms with E-state index in [-0.39, 0.29) is 6.03 Å². The summed E-state index contributed by atoms with van der Waals surface area (Å²) in [5.41, 5.74) is 5.59. The predicted octanol–water partition coefficient (Wildman–Crippen LogP) is 1.37. The molecule has 0 saturated heterocycles. The number of aromatic amines is 1. The van der Waals surface area contributed by atoms with Crippen LogP contribution in [0.5, 0.6) is 0 Å². The average Bonchev–Trinajstić information content (AvgIpc) is 3.03. The van der Waals surface area contributed by atoms with Gasteiger partial charge in [0, 0.05) is 18.8 Å². The van der Waals surface area contributed by atoms with Crippen LogP contribution in [0.3, 0.4) is 0 Å². The zero-order valence-corrected chi connectivity index (χ0v) is 15.1. The Morgan fingerprint density at radius 3 is 3.00 bits per heavy atom. The lowest BCUT2D eigenvalue weighted by molar-refractivity contribution is 0.240. The fourth-order valence-electron chi connectivity index (χ4n) is 3.78. The predicted molar refractivity (Wildman–Crippen MR) is 97.5 cm³/mol. The standard InChI is InChI=1S/C18H27N7O/c26-18(20-10-13-9-14-11-19-7-4-8-25(14)24-13)21-12-17-15-5-2-1-3-6-16(15)22-23-17/h9,19H,1-8,10-12H2,(H,22,23)(H2,20,21,26). The van der Waals surface area contributed by atoms with E-state index in [1.54, 1.807) is 0 Å². The summed E-state index contributed by atoms with van der Waals surface area (Å²) >= 11 is 0. The SMILES string of the molecule is O=C(NCc1cc2n(n1)CCCNC2)NCc1n[nH]c2c1CCCCC2. The molecule has 2 aromatic rings. The quantitative estimate of drug-likeness (QED) is 0.621. The Labute approximate surface area is 153 Å². The third-order valence-corrected chi connectivity index (χ3v) is 5.18. The minimum absolute atomic E-state index is 0.184. The summed E-state index contributed by atoms with van der Waals surface area (Å²) in [6.07, 6.45) is 6.88. The maximum Gasteiger partial charge on any atom is 0.315 e. The van der Waals surface area contributed by atoms with Gasteiger partial charge in [0.1, 0.15) is 0 Å². The van der Waals surface area contributed by atoms with Gasteiger partial charge >= 0.3 is 6.03 Å². The molecular weight excluding hydrogens is 330 g/mol. The summed E-state index contributed by atoms with van der Waals surface area (Å²) in [7, 11) is 0. The van der Waals surface area contributed by atoms with Crippen LogP contribution in [0, 0.1) is 0 Å². The molecule has 0 bridgehead atoms. The summed E-state index contributed by atoms with van der Waals surface area (Å²) in [4.78, 5) is 12.1. The van der Waals surface area contributed by atoms with Crippen LogP contribution in [0.15, 0.2) is 6.07 Å². The van der Waals surface area contributed by atoms with Crippen LogP contribution in [-0.2, 0) is 39.0 Å². The second-order valence-electron chi connectivity index (χ2n) is 7.10. The highest BCUT2D eigenvalue weighted by Crippen LogP contribution is 2.21. The number of hydrogen-bond acceptors (Lipinski definition) is 4. The molecule has 2 aliphatic rings. The molecule has 1 aliphatic carbocycles. The van der Waals surface area contributed by atoms with E-state index >= 15 is 0 Å². The fourth-order valence-corrected chi connectivity index (χ4v) is 3.78. The third kappa shape index (κ3) is 3.90. The lowest BCUT2D eigenvalue weighted by Crippen LogP contribution is -2.35. The van der Waals surface area contributed by atoms with E-state index in [0.717, 1.165) is 50.3 Å². The second-order valence-corrected chi connectivity index (χ2v) is 7.10. The van der Waals surface area contributed by atoms with Crippen molar-refractivity contribution in [2.24, 2.45) is 0 Å². The number of hydrogen-bond donors (Lipinski definition) is 4. The summed E-state index contributed by atoms with van der Waals surface area (Å²) in [6.45, 7) is 3.68. The number of aromatic nitrogens is 4. The average molecular weight is 357 g/mol. The molecule has 8 heteroatoms. The van der Waals surface area contributed by atoms with E-state index in [2.05, 4.69) is 37.3 Å². The summed E-state index contributed by atoms with van der Waals surface area (Å²) in [6, 6.07) is 1.88. The van der Waals surface area contributed by atoms with Crippen LogP contribution in [0.2, 0.25) is 0 Å². The van der Waals surface area contributed by atoms with Gasteiger partial charge in [-0.2, -0.15) is 10.2 Å². The molecule has 0 fully saturated rings. The van der Waals surface area contributed by atoms with Crippen LogP contribution >= 0.6 is 0 Å². The van der Waals surface area contributed by atoms with Crippen molar-refractivity contribution in [3.63, 3.8) is 0 Å². The molecule has 0 saturated carbocycles. The van der Waals surface area contributed by atoms with Crippen molar-refractivity contribution in [2.75, 3.05) is 6.54 Å². The molecule has 4 rings (SSSR count). The first kappa shape index (κ1) is 17.1. The number of nitrogens with zero attached hydrogens (tertiary/aromatic N) is 3. The Morgan fingerprint density at radius 1 is 1.15 bits per heavy atom. The van der Waals surface area contributed by atoms with Gasteiger partial charge in [0.25, 0.3) is 0 Å². The fraction of sp³-hybridized carbons (Fsp3) is 0.611. The van der Waals surface area contributed by atoms with E-state index in [9.17, 15) is 4.79 Å². The Hall–Kier alpha value is -2.35. The highest BCUT2D eigenvalue weighted by atomic mass is 16.2. The maximum atomic E-state index is 12.1. The lowest BCUT2D eigenvalue weighted by atomic mass is 10.1. The maximum absolute atomic E-state index is 12.1. The number of carbonyl (C=O) groups is 1. The van der Waals surface area contributed by atoms with Crippen molar-refractivity contribution in [1.29, 1.82) is 0 Å². The Balaban J connectivity index is 1.28. The Morgan fingerprint density at radius 2 is 2.04 bits per heavy atom. The van der Waals surface area contributed by atoms with Gasteiger partial charge in [-0.25, -0.2) is 4.79 Å². The van der Waals surface area contributed by atoms with Gasteiger partial charge in [0.05, 0.1) is 30.2 Å². The smallest absolute Gasteiger partial charge is 0.315 e. The number of amides is 2. The molecule has 0 radical (unpaired) electrons. The molecule has 1 aliphatic heterocycles. The molecule has 0 unspecified atom stereocenters. The zero-order chi connectivity index (χ0) is 17.8. The second kappa shape index (κ2) is 7.90. The number of fused-ring (bicyclic) bond motifs is 2. The molecular formula is C18H27N7O. The van der Waals surface area contributed by atoms with Crippen LogP contribution < -0.4 is 16.0 Å². The van der Waals surface area contributed by atoms with Crippen molar-refractivity contribution < 1.29 is 4.79 Å². The molecule has 4 N–H and O–H groups in total. The van der Waals surface area contributed by atoms with E-state index in [1.807, 2.05) is 4.68 Å². The molecule has 26 heavy (non-hydrogen) atoms. The van der Waals surface area contributed by atoms with Gasteiger partial charge in [-0.05, 0) is 50.3 Å². The van der Waals surface area contributed by atoms with Crippen LogP contribution in [0.25, 0.3) is 0 Å². The first-order chi connectivity index (χ1) is 12.8. The van der Waals surface area contributed by atoms with Crippen molar-refractivity contribution >= 4 is 6.03 Å². The third-order valence-electron chi connectivity index (χ3n) is 5.18. The van der Waals surface area contributed by atoms with Crippen LogP contribution in [-0.4, -0.2) is 32.6 Å². The largest absolute Gasteiger partial charge is 0.332 e. The van der Waals surface area contributed by atoms with Gasteiger partial charge in [-0.15, -0.1) is 0 Å². The van der Waals surface area contributed by atoms with Crippen LogP contribution in [0.1, 0.15) is 54.0 Å². The Bertz CT molecular complexity index is 740. The molecule has 140 valence electrons. The normalized spacial score (nSPS) is 16.9. The van der Waals surface area contributed by atoms with Crippen molar-refractivity contribution in [3.05, 3.63) is 34.4 Å². The zero-order valence-electron chi connectivity index (χ0n) is 15.1. The Kier molecular flexibility index (Phi) is 5.19. The number of H-pyrrole nitrogens is 1. The molecule has 0 atom stereocenters. The number of urea groups is 1. The molecule has 2 aromatic heterocycles. The lowest BCUT2D eigenvalue weighted by Gasteiger charge is -2.07. The summed E-state index contributed by atoms with van der Waals surface area (Å²) in [5, 5.41) is 21.3. The minimum Gasteiger partial charge on any atom is -0.332 e. The highest BCUT2D eigenvalue weighted by Gasteiger charge is 2.16. The molecule has 2 amide bonds. The number of carbonyl (C=O) groups excluding carboxylic acids is 1. The topological polar surface area (TPSA) is 99.7 Å². The van der Waals surface area contributed by atoms with Gasteiger partial charge in [-0.3, -0.25) is 9.78 Å². The first-order valence-electron chi connectivity index (χ1n) is 9.62. The highest BCUT2D eigenvalue weighted by molar-refractivity contribution is 5.73. The first-order valence-corrected chi connectivity index (χ1v) is 9.62. The summed E-state index contributed by atoms with van der Waals surface area (Å²) in [5.74, 6) is 0. The van der Waals surface area contributed by atoms with Gasteiger partial charge in [0.15, 0.2) is 0 Å². The van der Waals surface area contributed by atoms with Gasteiger partial charge in [-0.1, -0.05) is 6.42 Å². The number of rotatable bonds is 4. The monoisotopic (exact) mass is 357 g/mol.